The van der Waals surface area contributed by atoms with Crippen LogP contribution in [-0.2, 0) is 0 Å². The van der Waals surface area contributed by atoms with Crippen molar-refractivity contribution in [2.45, 2.75) is 25.4 Å². The molecule has 0 atom stereocenters. The van der Waals surface area contributed by atoms with Crippen LogP contribution in [-0.4, -0.2) is 43.2 Å². The van der Waals surface area contributed by atoms with Gasteiger partial charge in [-0.25, -0.2) is 0 Å². The van der Waals surface area contributed by atoms with Gasteiger partial charge in [0.05, 0.1) is 6.54 Å². The minimum Gasteiger partial charge on any atom is -0.399 e. The van der Waals surface area contributed by atoms with E-state index in [-0.39, 0.29) is 30.7 Å². The molecule has 25 heavy (non-hydrogen) atoms. The Hall–Kier alpha value is -1.18. The Morgan fingerprint density at radius 1 is 1.24 bits per heavy atom. The van der Waals surface area contributed by atoms with Crippen LogP contribution in [0, 0.1) is 5.92 Å². The summed E-state index contributed by atoms with van der Waals surface area (Å²) in [5, 5.41) is 2.83. The van der Waals surface area contributed by atoms with E-state index in [9.17, 15) is 18.0 Å². The monoisotopic (exact) mass is 401 g/mol. The van der Waals surface area contributed by atoms with Crippen molar-refractivity contribution in [2.75, 3.05) is 31.9 Å². The smallest absolute Gasteiger partial charge is 0.399 e. The van der Waals surface area contributed by atoms with E-state index in [4.69, 9.17) is 5.73 Å². The molecule has 1 aromatic rings. The van der Waals surface area contributed by atoms with E-state index >= 15 is 0 Å². The zero-order valence-electron chi connectivity index (χ0n) is 13.7. The number of hydrogen-bond acceptors (Lipinski definition) is 3. The van der Waals surface area contributed by atoms with Crippen LogP contribution in [0.25, 0.3) is 0 Å². The highest BCUT2D eigenvalue weighted by Crippen LogP contribution is 2.24. The first-order chi connectivity index (χ1) is 10.8. The molecule has 0 bridgehead atoms. The normalized spacial score (nSPS) is 15.8. The third-order valence-electron chi connectivity index (χ3n) is 4.10. The van der Waals surface area contributed by atoms with E-state index in [0.717, 1.165) is 19.3 Å². The lowest BCUT2D eigenvalue weighted by Gasteiger charge is -2.32. The number of rotatable bonds is 5. The van der Waals surface area contributed by atoms with Gasteiger partial charge in [0.25, 0.3) is 5.91 Å². The van der Waals surface area contributed by atoms with Crippen molar-refractivity contribution >= 4 is 36.4 Å². The average Bonchev–Trinajstić information content (AvgIpc) is 2.47. The fourth-order valence-corrected chi connectivity index (χ4v) is 2.86. The number of halogens is 5. The van der Waals surface area contributed by atoms with Gasteiger partial charge in [-0.3, -0.25) is 9.69 Å². The lowest BCUT2D eigenvalue weighted by molar-refractivity contribution is -0.148. The van der Waals surface area contributed by atoms with Crippen LogP contribution in [0.2, 0.25) is 0 Å². The molecule has 1 heterocycles. The number of benzene rings is 1. The number of carbonyl (C=O) groups is 1. The number of nitrogens with two attached hydrogens (primary N) is 1. The van der Waals surface area contributed by atoms with Crippen LogP contribution in [0.5, 0.6) is 0 Å². The lowest BCUT2D eigenvalue weighted by Crippen LogP contribution is -2.40. The number of amides is 1. The molecule has 144 valence electrons. The number of hydrogen-bond donors (Lipinski definition) is 2. The molecule has 1 aliphatic rings. The summed E-state index contributed by atoms with van der Waals surface area (Å²) in [5.74, 6) is 0.187. The fraction of sp³-hybridized carbons (Fsp3) is 0.562. The minimum absolute atomic E-state index is 0. The quantitative estimate of drug-likeness (QED) is 0.742. The molecule has 4 nitrogen and oxygen atoms in total. The van der Waals surface area contributed by atoms with Crippen LogP contribution < -0.4 is 11.1 Å². The fourth-order valence-electron chi connectivity index (χ4n) is 2.86. The van der Waals surface area contributed by atoms with Crippen molar-refractivity contribution in [1.29, 1.82) is 0 Å². The molecule has 0 aliphatic carbocycles. The third kappa shape index (κ3) is 8.65. The number of likely N-dealkylation sites (tertiary alicyclic amines) is 1. The molecular formula is C16H24Cl2F3N3O. The van der Waals surface area contributed by atoms with Crippen molar-refractivity contribution in [1.82, 2.24) is 10.2 Å². The van der Waals surface area contributed by atoms with E-state index in [2.05, 4.69) is 5.32 Å². The number of anilines is 1. The summed E-state index contributed by atoms with van der Waals surface area (Å²) in [4.78, 5) is 13.4. The Labute approximate surface area is 158 Å². The van der Waals surface area contributed by atoms with Gasteiger partial charge in [0.2, 0.25) is 0 Å². The van der Waals surface area contributed by atoms with E-state index in [1.807, 2.05) is 0 Å². The van der Waals surface area contributed by atoms with E-state index in [0.29, 0.717) is 36.8 Å². The van der Waals surface area contributed by atoms with Crippen LogP contribution in [0.4, 0.5) is 18.9 Å². The average molecular weight is 402 g/mol. The molecule has 0 aromatic heterocycles. The number of carbonyl (C=O) groups excluding carboxylic acids is 1. The number of nitrogen functional groups attached to an aromatic ring is 1. The van der Waals surface area contributed by atoms with Gasteiger partial charge < -0.3 is 11.1 Å². The molecule has 1 aliphatic heterocycles. The van der Waals surface area contributed by atoms with Gasteiger partial charge in [0.15, 0.2) is 0 Å². The predicted molar refractivity (Wildman–Crippen MR) is 97.5 cm³/mol. The van der Waals surface area contributed by atoms with Crippen LogP contribution >= 0.6 is 24.8 Å². The first-order valence-electron chi connectivity index (χ1n) is 7.76. The SMILES string of the molecule is Cl.Cl.Nc1cccc(C(=O)NCCC2CCN(CC(F)(F)F)CC2)c1. The Morgan fingerprint density at radius 3 is 2.44 bits per heavy atom. The largest absolute Gasteiger partial charge is 0.401 e. The summed E-state index contributed by atoms with van der Waals surface area (Å²) < 4.78 is 37.0. The van der Waals surface area contributed by atoms with Crippen LogP contribution in [0.15, 0.2) is 24.3 Å². The van der Waals surface area contributed by atoms with Gasteiger partial charge in [-0.1, -0.05) is 6.07 Å². The molecule has 1 saturated heterocycles. The molecule has 1 aromatic carbocycles. The molecule has 0 saturated carbocycles. The van der Waals surface area contributed by atoms with Crippen LogP contribution in [0.3, 0.4) is 0 Å². The van der Waals surface area contributed by atoms with Gasteiger partial charge >= 0.3 is 6.18 Å². The second-order valence-electron chi connectivity index (χ2n) is 6.00. The summed E-state index contributed by atoms with van der Waals surface area (Å²) in [7, 11) is 0. The minimum atomic E-state index is -4.13. The Balaban J connectivity index is 0.00000288. The van der Waals surface area contributed by atoms with Gasteiger partial charge in [-0.15, -0.1) is 24.8 Å². The maximum atomic E-state index is 12.3. The summed E-state index contributed by atoms with van der Waals surface area (Å²) >= 11 is 0. The molecule has 3 N–H and O–H groups in total. The standard InChI is InChI=1S/C16H22F3N3O.2ClH/c17-16(18,19)11-22-8-5-12(6-9-22)4-7-21-15(23)13-2-1-3-14(20)10-13;;/h1-3,10,12H,4-9,11,20H2,(H,21,23);2*1H. The molecule has 0 unspecified atom stereocenters. The summed E-state index contributed by atoms with van der Waals surface area (Å²) in [6, 6.07) is 6.75. The topological polar surface area (TPSA) is 58.4 Å². The molecule has 2 rings (SSSR count). The highest BCUT2D eigenvalue weighted by molar-refractivity contribution is 5.94. The molecule has 1 amide bonds. The molecular weight excluding hydrogens is 378 g/mol. The first-order valence-corrected chi connectivity index (χ1v) is 7.76. The van der Waals surface area contributed by atoms with E-state index in [1.165, 1.54) is 4.90 Å². The van der Waals surface area contributed by atoms with E-state index < -0.39 is 12.7 Å². The maximum Gasteiger partial charge on any atom is 0.401 e. The molecule has 1 fully saturated rings. The van der Waals surface area contributed by atoms with Gasteiger partial charge in [-0.2, -0.15) is 13.2 Å². The summed E-state index contributed by atoms with van der Waals surface area (Å²) in [6.45, 7) is 0.629. The van der Waals surface area contributed by atoms with E-state index in [1.54, 1.807) is 24.3 Å². The van der Waals surface area contributed by atoms with Gasteiger partial charge in [0.1, 0.15) is 0 Å². The summed E-state index contributed by atoms with van der Waals surface area (Å²) in [5.41, 5.74) is 6.69. The third-order valence-corrected chi connectivity index (χ3v) is 4.10. The van der Waals surface area contributed by atoms with Crippen molar-refractivity contribution < 1.29 is 18.0 Å². The Morgan fingerprint density at radius 2 is 1.88 bits per heavy atom. The Bertz CT molecular complexity index is 536. The predicted octanol–water partition coefficient (Wildman–Crippen LogP) is 3.51. The highest BCUT2D eigenvalue weighted by Gasteiger charge is 2.32. The van der Waals surface area contributed by atoms with Crippen molar-refractivity contribution in [3.63, 3.8) is 0 Å². The molecule has 0 spiro atoms. The molecule has 9 heteroatoms. The van der Waals surface area contributed by atoms with Crippen molar-refractivity contribution in [3.8, 4) is 0 Å². The first kappa shape index (κ1) is 23.8. The second-order valence-corrected chi connectivity index (χ2v) is 6.00. The summed E-state index contributed by atoms with van der Waals surface area (Å²) in [6.07, 6.45) is -1.86. The number of alkyl halides is 3. The second kappa shape index (κ2) is 10.7. The van der Waals surface area contributed by atoms with Gasteiger partial charge in [0, 0.05) is 17.8 Å². The zero-order chi connectivity index (χ0) is 16.9. The van der Waals surface area contributed by atoms with Gasteiger partial charge in [-0.05, 0) is 56.5 Å². The maximum absolute atomic E-state index is 12.3. The van der Waals surface area contributed by atoms with Crippen molar-refractivity contribution in [3.05, 3.63) is 29.8 Å². The Kier molecular flexibility index (Phi) is 10.2. The number of nitrogens with zero attached hydrogens (tertiary/aromatic N) is 1. The molecule has 0 radical (unpaired) electrons. The van der Waals surface area contributed by atoms with Crippen molar-refractivity contribution in [2.24, 2.45) is 5.92 Å². The van der Waals surface area contributed by atoms with Crippen LogP contribution in [0.1, 0.15) is 29.6 Å². The highest BCUT2D eigenvalue weighted by atomic mass is 35.5. The number of nitrogens with one attached hydrogen (secondary N) is 1. The zero-order valence-corrected chi connectivity index (χ0v) is 15.4. The number of piperidine rings is 1. The lowest BCUT2D eigenvalue weighted by atomic mass is 9.93.